The van der Waals surface area contributed by atoms with Gasteiger partial charge >= 0.3 is 37.7 Å². The monoisotopic (exact) mass is 485 g/mol. The van der Waals surface area contributed by atoms with Crippen molar-refractivity contribution in [3.05, 3.63) is 93.6 Å². The minimum atomic E-state index is -0.111. The van der Waals surface area contributed by atoms with Crippen LogP contribution in [-0.2, 0) is 9.47 Å². The Hall–Kier alpha value is -2.59. The van der Waals surface area contributed by atoms with E-state index in [9.17, 15) is 5.41 Å². The van der Waals surface area contributed by atoms with Crippen LogP contribution in [0.5, 0.6) is 5.75 Å². The molecule has 10 heteroatoms. The molecule has 37 heavy (non-hydrogen) atoms. The number of pyridine rings is 1. The van der Waals surface area contributed by atoms with Gasteiger partial charge in [0.15, 0.2) is 0 Å². The predicted octanol–water partition coefficient (Wildman–Crippen LogP) is -0.816. The summed E-state index contributed by atoms with van der Waals surface area (Å²) in [5.74, 6) is 2.09. The molecule has 1 aliphatic heterocycles. The van der Waals surface area contributed by atoms with Gasteiger partial charge in [0.1, 0.15) is 17.4 Å². The van der Waals surface area contributed by atoms with Crippen molar-refractivity contribution < 1.29 is 51.9 Å². The molecule has 0 aliphatic carbocycles. The summed E-state index contributed by atoms with van der Waals surface area (Å²) in [4.78, 5) is 13.1. The molecule has 0 unspecified atom stereocenters. The summed E-state index contributed by atoms with van der Waals surface area (Å²) < 4.78 is 16.3. The standard InChI is InChI=1S/C22H18N5O2.C4H8O.CH3.2Li/c1-15-8-10-28-14-17(12-23)22-24-9-7-20(27-22)26-21-11-19(29-15)18(13-25-21)16-5-3-2-4-6-16;1-3-5-4-2;;;/h3-7,9,11-13,15H,8,10H2,1H3,(H,24,25,26,27);1-4H2;1H3;;/q-3;-2;-1;2*+1/t15-;;;;/m0..../s1. The zero-order valence-corrected chi connectivity index (χ0v) is 22.0. The number of allylic oxidation sites excluding steroid dienone is 1. The SMILES string of the molecule is C[C@H]1CCO[C-]=C(C=[N-])c2nccc(n2)Nc2cc(c(-c3cc[c-]cc3)cn2)O1.[CH2-]COC[CH2-].[CH3-].[Li+].[Li+]. The van der Waals surface area contributed by atoms with E-state index in [1.807, 2.05) is 37.3 Å². The van der Waals surface area contributed by atoms with Gasteiger partial charge in [-0.3, -0.25) is 4.98 Å². The normalized spacial score (nSPS) is 13.9. The minimum absolute atomic E-state index is 0. The largest absolute Gasteiger partial charge is 1.00 e. The molecular formula is C27H29Li2N5O3-4. The zero-order chi connectivity index (χ0) is 24.2. The molecule has 0 fully saturated rings. The molecule has 4 bridgehead atoms. The first-order valence-electron chi connectivity index (χ1n) is 10.8. The third-order valence-electron chi connectivity index (χ3n) is 4.60. The molecular weight excluding hydrogens is 456 g/mol. The first-order valence-corrected chi connectivity index (χ1v) is 10.8. The van der Waals surface area contributed by atoms with Crippen molar-refractivity contribution in [3.8, 4) is 16.9 Å². The minimum Gasteiger partial charge on any atom is -0.878 e. The van der Waals surface area contributed by atoms with Gasteiger partial charge in [-0.15, -0.1) is 11.1 Å². The maximum atomic E-state index is 9.47. The van der Waals surface area contributed by atoms with Crippen LogP contribution in [0.15, 0.2) is 48.8 Å². The molecule has 1 aliphatic rings. The summed E-state index contributed by atoms with van der Waals surface area (Å²) in [6.45, 7) is 10.2. The molecule has 0 spiro atoms. The van der Waals surface area contributed by atoms with Crippen LogP contribution in [0.25, 0.3) is 22.1 Å². The van der Waals surface area contributed by atoms with Crippen molar-refractivity contribution in [1.82, 2.24) is 15.0 Å². The van der Waals surface area contributed by atoms with Crippen LogP contribution in [0.2, 0.25) is 0 Å². The Labute approximate surface area is 244 Å². The number of ether oxygens (including phenoxy) is 3. The van der Waals surface area contributed by atoms with E-state index in [-0.39, 0.29) is 62.6 Å². The Bertz CT molecular complexity index is 1100. The Balaban J connectivity index is 0.00000148. The molecule has 1 aromatic carbocycles. The van der Waals surface area contributed by atoms with Gasteiger partial charge in [-0.2, -0.15) is 30.3 Å². The van der Waals surface area contributed by atoms with Gasteiger partial charge < -0.3 is 57.4 Å². The summed E-state index contributed by atoms with van der Waals surface area (Å²) in [5, 5.41) is 12.6. The van der Waals surface area contributed by atoms with Crippen LogP contribution in [0.4, 0.5) is 11.6 Å². The molecule has 3 heterocycles. The topological polar surface area (TPSA) is 101 Å². The van der Waals surface area contributed by atoms with Crippen LogP contribution in [0.1, 0.15) is 19.2 Å². The first-order chi connectivity index (χ1) is 16.6. The van der Waals surface area contributed by atoms with Gasteiger partial charge in [-0.25, -0.2) is 4.98 Å². The smallest absolute Gasteiger partial charge is 0.878 e. The second-order valence-electron chi connectivity index (χ2n) is 7.07. The summed E-state index contributed by atoms with van der Waals surface area (Å²) >= 11 is 0. The number of hydrogen-bond donors (Lipinski definition) is 1. The van der Waals surface area contributed by atoms with Gasteiger partial charge in [0.25, 0.3) is 0 Å². The Morgan fingerprint density at radius 2 is 1.89 bits per heavy atom. The van der Waals surface area contributed by atoms with Gasteiger partial charge in [0, 0.05) is 42.5 Å². The Kier molecular flexibility index (Phi) is 17.3. The molecule has 8 nitrogen and oxygen atoms in total. The number of aromatic nitrogens is 3. The number of rotatable bonds is 4. The molecule has 2 aromatic heterocycles. The van der Waals surface area contributed by atoms with Crippen LogP contribution < -0.4 is 47.8 Å². The van der Waals surface area contributed by atoms with E-state index in [1.165, 1.54) is 0 Å². The van der Waals surface area contributed by atoms with Crippen LogP contribution in [0, 0.1) is 33.6 Å². The number of benzene rings is 1. The molecule has 0 radical (unpaired) electrons. The summed E-state index contributed by atoms with van der Waals surface area (Å²) in [6.07, 6.45) is 7.41. The Morgan fingerprint density at radius 1 is 1.16 bits per heavy atom. The van der Waals surface area contributed by atoms with Crippen molar-refractivity contribution in [2.24, 2.45) is 0 Å². The fourth-order valence-corrected chi connectivity index (χ4v) is 2.94. The van der Waals surface area contributed by atoms with E-state index in [2.05, 4.69) is 51.2 Å². The van der Waals surface area contributed by atoms with Gasteiger partial charge in [0.2, 0.25) is 0 Å². The fourth-order valence-electron chi connectivity index (χ4n) is 2.94. The maximum Gasteiger partial charge on any atom is 1.00 e. The van der Waals surface area contributed by atoms with E-state index in [0.29, 0.717) is 43.6 Å². The molecule has 4 rings (SSSR count). The molecule has 3 aromatic rings. The average molecular weight is 485 g/mol. The third kappa shape index (κ3) is 10.7. The van der Waals surface area contributed by atoms with Crippen molar-refractivity contribution in [3.63, 3.8) is 0 Å². The van der Waals surface area contributed by atoms with Crippen LogP contribution in [0.3, 0.4) is 0 Å². The van der Waals surface area contributed by atoms with E-state index in [1.54, 1.807) is 18.5 Å². The molecule has 0 saturated heterocycles. The predicted molar refractivity (Wildman–Crippen MR) is 139 cm³/mol. The number of fused-ring (bicyclic) bond motifs is 4. The van der Waals surface area contributed by atoms with Crippen molar-refractivity contribution in [2.75, 3.05) is 25.1 Å². The molecule has 0 saturated carbocycles. The van der Waals surface area contributed by atoms with Gasteiger partial charge in [-0.05, 0) is 13.0 Å². The summed E-state index contributed by atoms with van der Waals surface area (Å²) in [7, 11) is 0. The zero-order valence-electron chi connectivity index (χ0n) is 22.0. The molecule has 1 N–H and O–H groups in total. The molecule has 0 amide bonds. The van der Waals surface area contributed by atoms with E-state index >= 15 is 0 Å². The fraction of sp³-hybridized carbons (Fsp3) is 0.222. The quantitative estimate of drug-likeness (QED) is 0.293. The molecule has 1 atom stereocenters. The van der Waals surface area contributed by atoms with E-state index in [0.717, 1.165) is 17.3 Å². The Morgan fingerprint density at radius 3 is 2.54 bits per heavy atom. The van der Waals surface area contributed by atoms with E-state index in [4.69, 9.17) is 9.47 Å². The van der Waals surface area contributed by atoms with Crippen molar-refractivity contribution in [1.29, 1.82) is 0 Å². The van der Waals surface area contributed by atoms with E-state index < -0.39 is 0 Å². The van der Waals surface area contributed by atoms with Crippen LogP contribution >= 0.6 is 0 Å². The summed E-state index contributed by atoms with van der Waals surface area (Å²) in [6, 6.07) is 14.2. The average Bonchev–Trinajstić information content (AvgIpc) is 2.85. The molecule has 186 valence electrons. The second-order valence-corrected chi connectivity index (χ2v) is 7.07. The first kappa shape index (κ1) is 34.4. The summed E-state index contributed by atoms with van der Waals surface area (Å²) in [5.41, 5.74) is 2.13. The maximum absolute atomic E-state index is 9.47. The number of anilines is 2. The van der Waals surface area contributed by atoms with Crippen molar-refractivity contribution >= 4 is 23.4 Å². The van der Waals surface area contributed by atoms with Gasteiger partial charge in [-0.1, -0.05) is 13.2 Å². The van der Waals surface area contributed by atoms with Crippen LogP contribution in [-0.4, -0.2) is 47.1 Å². The number of hydrogen-bond acceptors (Lipinski definition) is 7. The third-order valence-corrected chi connectivity index (χ3v) is 4.60. The number of nitrogens with one attached hydrogen (secondary N) is 1. The van der Waals surface area contributed by atoms with Gasteiger partial charge in [0.05, 0.1) is 12.7 Å². The number of nitrogens with zero attached hydrogens (tertiary/aromatic N) is 4. The second kappa shape index (κ2) is 18.6. The van der Waals surface area contributed by atoms with Crippen molar-refractivity contribution in [2.45, 2.75) is 19.4 Å².